The maximum absolute atomic E-state index is 14.3. The van der Waals surface area contributed by atoms with E-state index in [1.165, 1.54) is 6.07 Å². The number of unbranched alkanes of at least 4 members (excludes halogenated alkanes) is 1. The fourth-order valence-corrected chi connectivity index (χ4v) is 2.08. The first kappa shape index (κ1) is 16.3. The molecule has 1 rings (SSSR count). The van der Waals surface area contributed by atoms with Gasteiger partial charge in [0, 0.05) is 18.2 Å². The molecule has 20 heavy (non-hydrogen) atoms. The molecule has 0 bridgehead atoms. The van der Waals surface area contributed by atoms with Crippen LogP contribution in [0, 0.1) is 5.82 Å². The van der Waals surface area contributed by atoms with Crippen LogP contribution in [0.1, 0.15) is 45.6 Å². The van der Waals surface area contributed by atoms with E-state index in [9.17, 15) is 4.39 Å². The molecule has 0 saturated heterocycles. The number of benzene rings is 1. The van der Waals surface area contributed by atoms with E-state index in [-0.39, 0.29) is 17.7 Å². The maximum Gasteiger partial charge on any atom is 0.170 e. The van der Waals surface area contributed by atoms with E-state index in [1.54, 1.807) is 12.1 Å². The number of hydrogen-bond donors (Lipinski definition) is 2. The van der Waals surface area contributed by atoms with Gasteiger partial charge in [0.15, 0.2) is 5.84 Å². The lowest BCUT2D eigenvalue weighted by molar-refractivity contribution is 0.318. The van der Waals surface area contributed by atoms with Gasteiger partial charge in [0.1, 0.15) is 5.82 Å². The van der Waals surface area contributed by atoms with Crippen molar-refractivity contribution in [2.24, 2.45) is 10.9 Å². The van der Waals surface area contributed by atoms with E-state index in [1.807, 2.05) is 0 Å². The average Bonchev–Trinajstić information content (AvgIpc) is 2.47. The van der Waals surface area contributed by atoms with E-state index in [0.29, 0.717) is 11.3 Å². The summed E-state index contributed by atoms with van der Waals surface area (Å²) in [7, 11) is 0. The lowest BCUT2D eigenvalue weighted by atomic mass is 10.1. The molecule has 3 N–H and O–H groups in total. The van der Waals surface area contributed by atoms with Crippen molar-refractivity contribution in [2.75, 3.05) is 11.4 Å². The molecule has 0 fully saturated rings. The zero-order valence-corrected chi connectivity index (χ0v) is 12.4. The Labute approximate surface area is 120 Å². The molecule has 0 radical (unpaired) electrons. The molecule has 0 aliphatic heterocycles. The lowest BCUT2D eigenvalue weighted by Crippen LogP contribution is -2.34. The number of oxime groups is 1. The van der Waals surface area contributed by atoms with Gasteiger partial charge in [-0.3, -0.25) is 0 Å². The number of nitrogens with zero attached hydrogens (tertiary/aromatic N) is 2. The molecule has 0 amide bonds. The van der Waals surface area contributed by atoms with Gasteiger partial charge < -0.3 is 15.8 Å². The number of anilines is 1. The zero-order chi connectivity index (χ0) is 15.1. The van der Waals surface area contributed by atoms with Crippen LogP contribution < -0.4 is 10.6 Å². The second kappa shape index (κ2) is 7.72. The van der Waals surface area contributed by atoms with Crippen LogP contribution in [-0.2, 0) is 0 Å². The van der Waals surface area contributed by atoms with Crippen molar-refractivity contribution in [3.8, 4) is 0 Å². The Morgan fingerprint density at radius 3 is 2.65 bits per heavy atom. The Kier molecular flexibility index (Phi) is 6.28. The van der Waals surface area contributed by atoms with Gasteiger partial charge in [-0.1, -0.05) is 25.4 Å². The molecule has 0 saturated carbocycles. The van der Waals surface area contributed by atoms with Crippen molar-refractivity contribution in [2.45, 2.75) is 46.1 Å². The van der Waals surface area contributed by atoms with Crippen LogP contribution in [0.4, 0.5) is 10.1 Å². The molecule has 4 nitrogen and oxygen atoms in total. The third kappa shape index (κ3) is 3.85. The Hall–Kier alpha value is -1.78. The largest absolute Gasteiger partial charge is 0.409 e. The van der Waals surface area contributed by atoms with Gasteiger partial charge >= 0.3 is 0 Å². The minimum absolute atomic E-state index is 0.0842. The molecular weight excluding hydrogens is 257 g/mol. The van der Waals surface area contributed by atoms with Crippen LogP contribution in [0.25, 0.3) is 0 Å². The first-order valence-corrected chi connectivity index (χ1v) is 7.09. The van der Waals surface area contributed by atoms with Gasteiger partial charge in [0.05, 0.1) is 5.69 Å². The highest BCUT2D eigenvalue weighted by atomic mass is 19.1. The molecule has 1 atom stereocenters. The highest BCUT2D eigenvalue weighted by Gasteiger charge is 2.17. The molecule has 0 aromatic heterocycles. The third-order valence-corrected chi connectivity index (χ3v) is 3.54. The van der Waals surface area contributed by atoms with Gasteiger partial charge in [0.2, 0.25) is 0 Å². The van der Waals surface area contributed by atoms with Crippen LogP contribution in [0.5, 0.6) is 0 Å². The summed E-state index contributed by atoms with van der Waals surface area (Å²) < 4.78 is 14.3. The summed E-state index contributed by atoms with van der Waals surface area (Å²) in [6, 6.07) is 4.95. The van der Waals surface area contributed by atoms with E-state index >= 15 is 0 Å². The highest BCUT2D eigenvalue weighted by Crippen LogP contribution is 2.24. The second-order valence-corrected chi connectivity index (χ2v) is 4.96. The molecule has 5 heteroatoms. The molecule has 0 spiro atoms. The fourth-order valence-electron chi connectivity index (χ4n) is 2.08. The SMILES string of the molecule is CCCCN(c1ccc(C(N)=NO)cc1F)C(C)CC. The van der Waals surface area contributed by atoms with Crippen molar-refractivity contribution in [3.05, 3.63) is 29.6 Å². The van der Waals surface area contributed by atoms with Crippen LogP contribution in [0.15, 0.2) is 23.4 Å². The fraction of sp³-hybridized carbons (Fsp3) is 0.533. The highest BCUT2D eigenvalue weighted by molar-refractivity contribution is 5.97. The van der Waals surface area contributed by atoms with E-state index in [0.717, 1.165) is 25.8 Å². The van der Waals surface area contributed by atoms with Crippen molar-refractivity contribution in [1.29, 1.82) is 0 Å². The van der Waals surface area contributed by atoms with Crippen LogP contribution in [-0.4, -0.2) is 23.6 Å². The molecule has 1 aromatic rings. The summed E-state index contributed by atoms with van der Waals surface area (Å²) in [5.41, 5.74) is 6.43. The number of halogens is 1. The minimum Gasteiger partial charge on any atom is -0.409 e. The van der Waals surface area contributed by atoms with Gasteiger partial charge in [0.25, 0.3) is 0 Å². The second-order valence-electron chi connectivity index (χ2n) is 4.96. The summed E-state index contributed by atoms with van der Waals surface area (Å²) in [5.74, 6) is -0.426. The molecule has 1 aromatic carbocycles. The Balaban J connectivity index is 3.07. The summed E-state index contributed by atoms with van der Waals surface area (Å²) >= 11 is 0. The van der Waals surface area contributed by atoms with Crippen molar-refractivity contribution >= 4 is 11.5 Å². The monoisotopic (exact) mass is 281 g/mol. The van der Waals surface area contributed by atoms with Crippen molar-refractivity contribution in [3.63, 3.8) is 0 Å². The number of nitrogens with two attached hydrogens (primary N) is 1. The first-order chi connectivity index (χ1) is 9.54. The van der Waals surface area contributed by atoms with Gasteiger partial charge in [-0.2, -0.15) is 0 Å². The normalized spacial score (nSPS) is 13.3. The quantitative estimate of drug-likeness (QED) is 0.349. The molecule has 112 valence electrons. The standard InChI is InChI=1S/C15H24FN3O/c1-4-6-9-19(11(3)5-2)14-8-7-12(10-13(14)16)15(17)18-20/h7-8,10-11,20H,4-6,9H2,1-3H3,(H2,17,18). The number of rotatable bonds is 7. The van der Waals surface area contributed by atoms with Crippen molar-refractivity contribution < 1.29 is 9.60 Å². The third-order valence-electron chi connectivity index (χ3n) is 3.54. The van der Waals surface area contributed by atoms with Gasteiger partial charge in [-0.25, -0.2) is 4.39 Å². The number of hydrogen-bond acceptors (Lipinski definition) is 3. The predicted octanol–water partition coefficient (Wildman–Crippen LogP) is 3.33. The van der Waals surface area contributed by atoms with E-state index in [2.05, 4.69) is 30.8 Å². The first-order valence-electron chi connectivity index (χ1n) is 7.09. The summed E-state index contributed by atoms with van der Waals surface area (Å²) in [6.45, 7) is 7.12. The Morgan fingerprint density at radius 1 is 1.45 bits per heavy atom. The molecule has 1 unspecified atom stereocenters. The minimum atomic E-state index is -0.342. The Morgan fingerprint density at radius 2 is 2.15 bits per heavy atom. The average molecular weight is 281 g/mol. The van der Waals surface area contributed by atoms with Crippen LogP contribution >= 0.6 is 0 Å². The lowest BCUT2D eigenvalue weighted by Gasteiger charge is -2.31. The van der Waals surface area contributed by atoms with Gasteiger partial charge in [-0.15, -0.1) is 0 Å². The zero-order valence-electron chi connectivity index (χ0n) is 12.4. The summed E-state index contributed by atoms with van der Waals surface area (Å²) in [6.07, 6.45) is 3.04. The van der Waals surface area contributed by atoms with Crippen LogP contribution in [0.2, 0.25) is 0 Å². The smallest absolute Gasteiger partial charge is 0.170 e. The topological polar surface area (TPSA) is 61.8 Å². The summed E-state index contributed by atoms with van der Waals surface area (Å²) in [5, 5.41) is 11.5. The van der Waals surface area contributed by atoms with Gasteiger partial charge in [-0.05, 0) is 38.0 Å². The Bertz CT molecular complexity index is 462. The molecule has 0 aliphatic rings. The van der Waals surface area contributed by atoms with E-state index in [4.69, 9.17) is 10.9 Å². The molecular formula is C15H24FN3O. The summed E-state index contributed by atoms with van der Waals surface area (Å²) in [4.78, 5) is 2.08. The molecule has 0 heterocycles. The predicted molar refractivity (Wildman–Crippen MR) is 80.9 cm³/mol. The van der Waals surface area contributed by atoms with E-state index < -0.39 is 0 Å². The van der Waals surface area contributed by atoms with Crippen molar-refractivity contribution in [1.82, 2.24) is 0 Å². The maximum atomic E-state index is 14.3. The van der Waals surface area contributed by atoms with Crippen LogP contribution in [0.3, 0.4) is 0 Å². The number of amidine groups is 1. The molecule has 0 aliphatic carbocycles.